The van der Waals surface area contributed by atoms with Crippen LogP contribution in [0, 0.1) is 5.92 Å². The second kappa shape index (κ2) is 5.51. The summed E-state index contributed by atoms with van der Waals surface area (Å²) in [4.78, 5) is 22.1. The van der Waals surface area contributed by atoms with Crippen LogP contribution in [-0.2, 0) is 19.6 Å². The monoisotopic (exact) mass is 319 g/mol. The highest BCUT2D eigenvalue weighted by molar-refractivity contribution is 7.91. The minimum Gasteiger partial charge on any atom is -0.477 e. The Labute approximate surface area is 119 Å². The normalized spacial score (nSPS) is 19.9. The van der Waals surface area contributed by atoms with Crippen LogP contribution < -0.4 is 0 Å². The fourth-order valence-electron chi connectivity index (χ4n) is 2.01. The largest absolute Gasteiger partial charge is 0.477 e. The van der Waals surface area contributed by atoms with E-state index < -0.39 is 27.9 Å². The third-order valence-corrected chi connectivity index (χ3v) is 6.48. The van der Waals surface area contributed by atoms with Crippen LogP contribution >= 0.6 is 11.3 Å². The molecular formula is C11H13NO6S2. The molecule has 0 saturated carbocycles. The molecule has 1 aliphatic heterocycles. The zero-order chi connectivity index (χ0) is 14.9. The summed E-state index contributed by atoms with van der Waals surface area (Å²) in [5.41, 5.74) is 0. The first-order valence-electron chi connectivity index (χ1n) is 5.77. The fourth-order valence-corrected chi connectivity index (χ4v) is 4.81. The molecule has 1 aromatic rings. The van der Waals surface area contributed by atoms with Gasteiger partial charge >= 0.3 is 11.9 Å². The molecule has 110 valence electrons. The highest BCUT2D eigenvalue weighted by Crippen LogP contribution is 2.29. The third kappa shape index (κ3) is 2.69. The van der Waals surface area contributed by atoms with Crippen LogP contribution in [0.5, 0.6) is 0 Å². The summed E-state index contributed by atoms with van der Waals surface area (Å²) in [5, 5.41) is 8.82. The van der Waals surface area contributed by atoms with Gasteiger partial charge in [-0.05, 0) is 18.6 Å². The van der Waals surface area contributed by atoms with Crippen molar-refractivity contribution in [2.24, 2.45) is 5.92 Å². The van der Waals surface area contributed by atoms with E-state index in [1.807, 2.05) is 0 Å². The molecule has 9 heteroatoms. The molecule has 7 nitrogen and oxygen atoms in total. The van der Waals surface area contributed by atoms with Crippen LogP contribution in [-0.4, -0.2) is 50.0 Å². The van der Waals surface area contributed by atoms with Gasteiger partial charge in [0.05, 0.1) is 13.0 Å². The first-order valence-corrected chi connectivity index (χ1v) is 8.03. The number of hydrogen-bond acceptors (Lipinski definition) is 6. The van der Waals surface area contributed by atoms with Gasteiger partial charge in [0.1, 0.15) is 9.09 Å². The lowest BCUT2D eigenvalue weighted by atomic mass is 10.1. The van der Waals surface area contributed by atoms with Crippen molar-refractivity contribution in [3.63, 3.8) is 0 Å². The van der Waals surface area contributed by atoms with Crippen LogP contribution in [0.4, 0.5) is 0 Å². The van der Waals surface area contributed by atoms with Crippen molar-refractivity contribution in [2.45, 2.75) is 10.6 Å². The average Bonchev–Trinajstić information content (AvgIpc) is 3.06. The Balaban J connectivity index is 2.19. The van der Waals surface area contributed by atoms with Crippen molar-refractivity contribution in [3.05, 3.63) is 17.0 Å². The molecule has 1 saturated heterocycles. The third-order valence-electron chi connectivity index (χ3n) is 3.07. The van der Waals surface area contributed by atoms with Gasteiger partial charge in [0.25, 0.3) is 10.0 Å². The average molecular weight is 319 g/mol. The van der Waals surface area contributed by atoms with Crippen LogP contribution in [0.25, 0.3) is 0 Å². The summed E-state index contributed by atoms with van der Waals surface area (Å²) in [5.74, 6) is -2.06. The first-order chi connectivity index (χ1) is 9.36. The lowest BCUT2D eigenvalue weighted by Crippen LogP contribution is -2.29. The number of sulfonamides is 1. The van der Waals surface area contributed by atoms with Gasteiger partial charge in [-0.3, -0.25) is 4.79 Å². The molecule has 1 unspecified atom stereocenters. The number of rotatable bonds is 4. The predicted molar refractivity (Wildman–Crippen MR) is 70.2 cm³/mol. The first kappa shape index (κ1) is 14.9. The van der Waals surface area contributed by atoms with Crippen LogP contribution in [0.2, 0.25) is 0 Å². The Morgan fingerprint density at radius 3 is 2.70 bits per heavy atom. The molecule has 0 bridgehead atoms. The van der Waals surface area contributed by atoms with Gasteiger partial charge in [0, 0.05) is 13.1 Å². The molecule has 1 aliphatic rings. The number of methoxy groups -OCH3 is 1. The van der Waals surface area contributed by atoms with Gasteiger partial charge in [0.2, 0.25) is 0 Å². The second-order valence-corrected chi connectivity index (χ2v) is 7.54. The maximum Gasteiger partial charge on any atom is 0.345 e. The fraction of sp³-hybridized carbons (Fsp3) is 0.455. The number of carbonyl (C=O) groups is 2. The zero-order valence-corrected chi connectivity index (χ0v) is 12.2. The Hall–Kier alpha value is -1.45. The molecule has 2 rings (SSSR count). The second-order valence-electron chi connectivity index (χ2n) is 4.30. The molecule has 0 aliphatic carbocycles. The Morgan fingerprint density at radius 2 is 2.15 bits per heavy atom. The zero-order valence-electron chi connectivity index (χ0n) is 10.6. The van der Waals surface area contributed by atoms with Gasteiger partial charge < -0.3 is 9.84 Å². The van der Waals surface area contributed by atoms with Crippen molar-refractivity contribution < 1.29 is 27.9 Å². The quantitative estimate of drug-likeness (QED) is 0.817. The number of carbonyl (C=O) groups excluding carboxylic acids is 1. The number of carboxylic acids is 1. The van der Waals surface area contributed by atoms with Crippen molar-refractivity contribution in [2.75, 3.05) is 20.2 Å². The van der Waals surface area contributed by atoms with E-state index in [4.69, 9.17) is 5.11 Å². The van der Waals surface area contributed by atoms with Crippen LogP contribution in [0.3, 0.4) is 0 Å². The molecule has 1 atom stereocenters. The van der Waals surface area contributed by atoms with E-state index in [2.05, 4.69) is 4.74 Å². The van der Waals surface area contributed by atoms with Crippen LogP contribution in [0.1, 0.15) is 16.1 Å². The van der Waals surface area contributed by atoms with Gasteiger partial charge in [0.15, 0.2) is 0 Å². The molecule has 0 radical (unpaired) electrons. The van der Waals surface area contributed by atoms with Crippen LogP contribution in [0.15, 0.2) is 16.3 Å². The lowest BCUT2D eigenvalue weighted by Gasteiger charge is -2.14. The van der Waals surface area contributed by atoms with E-state index in [1.54, 1.807) is 0 Å². The topological polar surface area (TPSA) is 101 Å². The summed E-state index contributed by atoms with van der Waals surface area (Å²) in [6, 6.07) is 2.53. The van der Waals surface area contributed by atoms with Gasteiger partial charge in [-0.25, -0.2) is 13.2 Å². The van der Waals surface area contributed by atoms with E-state index in [0.29, 0.717) is 17.8 Å². The van der Waals surface area contributed by atoms with Gasteiger partial charge in [-0.1, -0.05) is 0 Å². The molecule has 0 spiro atoms. The van der Waals surface area contributed by atoms with Crippen molar-refractivity contribution in [1.29, 1.82) is 0 Å². The minimum absolute atomic E-state index is 0.0274. The maximum atomic E-state index is 12.3. The Morgan fingerprint density at radius 1 is 1.45 bits per heavy atom. The number of ether oxygens (including phenoxy) is 1. The van der Waals surface area contributed by atoms with E-state index in [-0.39, 0.29) is 22.2 Å². The minimum atomic E-state index is -3.75. The number of nitrogens with zero attached hydrogens (tertiary/aromatic N) is 1. The molecule has 1 aromatic heterocycles. The molecule has 20 heavy (non-hydrogen) atoms. The molecule has 0 aromatic carbocycles. The number of carboxylic acid groups (broad SMARTS) is 1. The van der Waals surface area contributed by atoms with Crippen molar-refractivity contribution in [1.82, 2.24) is 4.31 Å². The summed E-state index contributed by atoms with van der Waals surface area (Å²) in [7, 11) is -2.48. The van der Waals surface area contributed by atoms with Crippen molar-refractivity contribution in [3.8, 4) is 0 Å². The Bertz CT molecular complexity index is 635. The molecule has 1 fully saturated rings. The summed E-state index contributed by atoms with van der Waals surface area (Å²) < 4.78 is 30.4. The summed E-state index contributed by atoms with van der Waals surface area (Å²) >= 11 is 0.705. The smallest absolute Gasteiger partial charge is 0.345 e. The van der Waals surface area contributed by atoms with Gasteiger partial charge in [-0.2, -0.15) is 4.31 Å². The SMILES string of the molecule is COC(=O)C1CCN(S(=O)(=O)c2ccc(C(=O)O)s2)C1. The molecular weight excluding hydrogens is 306 g/mol. The molecule has 0 amide bonds. The number of aromatic carboxylic acids is 1. The standard InChI is InChI=1S/C11H13NO6S2/c1-18-11(15)7-4-5-12(6-7)20(16,17)9-3-2-8(19-9)10(13)14/h2-3,7H,4-6H2,1H3,(H,13,14). The van der Waals surface area contributed by atoms with E-state index in [1.165, 1.54) is 23.5 Å². The predicted octanol–water partition coefficient (Wildman–Crippen LogP) is 0.630. The van der Waals surface area contributed by atoms with E-state index >= 15 is 0 Å². The highest BCUT2D eigenvalue weighted by Gasteiger charge is 2.37. The van der Waals surface area contributed by atoms with Crippen molar-refractivity contribution >= 4 is 33.3 Å². The summed E-state index contributed by atoms with van der Waals surface area (Å²) in [6.07, 6.45) is 0.406. The number of thiophene rings is 1. The molecule has 1 N–H and O–H groups in total. The highest BCUT2D eigenvalue weighted by atomic mass is 32.2. The summed E-state index contributed by atoms with van der Waals surface area (Å²) in [6.45, 7) is 0.289. The molecule has 2 heterocycles. The van der Waals surface area contributed by atoms with E-state index in [9.17, 15) is 18.0 Å². The van der Waals surface area contributed by atoms with E-state index in [0.717, 1.165) is 0 Å². The lowest BCUT2D eigenvalue weighted by molar-refractivity contribution is -0.144. The maximum absolute atomic E-state index is 12.3. The number of esters is 1. The van der Waals surface area contributed by atoms with Gasteiger partial charge in [-0.15, -0.1) is 11.3 Å². The number of hydrogen-bond donors (Lipinski definition) is 1. The Kier molecular flexibility index (Phi) is 4.11.